The SMILES string of the molecule is CCc1cc(=O)[nH]c(-c2ccc(N3CCN(C(=O)c4ccc(C)s4)CC3)nc2)n1. The molecular weight excluding hydrogens is 386 g/mol. The van der Waals surface area contributed by atoms with Crippen LogP contribution >= 0.6 is 11.3 Å². The van der Waals surface area contributed by atoms with Gasteiger partial charge in [-0.2, -0.15) is 0 Å². The smallest absolute Gasteiger partial charge is 0.264 e. The molecule has 0 spiro atoms. The third kappa shape index (κ3) is 4.22. The van der Waals surface area contributed by atoms with E-state index in [9.17, 15) is 9.59 Å². The molecule has 0 radical (unpaired) electrons. The van der Waals surface area contributed by atoms with Crippen molar-refractivity contribution in [3.05, 3.63) is 62.3 Å². The average Bonchev–Trinajstić information content (AvgIpc) is 3.19. The van der Waals surface area contributed by atoms with E-state index in [0.29, 0.717) is 25.3 Å². The minimum atomic E-state index is -0.155. The summed E-state index contributed by atoms with van der Waals surface area (Å²) >= 11 is 1.54. The molecule has 7 nitrogen and oxygen atoms in total. The van der Waals surface area contributed by atoms with Crippen LogP contribution in [0, 0.1) is 6.92 Å². The van der Waals surface area contributed by atoms with Crippen LogP contribution in [0.25, 0.3) is 11.4 Å². The molecule has 29 heavy (non-hydrogen) atoms. The van der Waals surface area contributed by atoms with Crippen LogP contribution in [0.4, 0.5) is 5.82 Å². The first kappa shape index (κ1) is 19.3. The number of nitrogens with one attached hydrogen (secondary N) is 1. The molecular formula is C21H23N5O2S. The van der Waals surface area contributed by atoms with Gasteiger partial charge < -0.3 is 14.8 Å². The number of anilines is 1. The van der Waals surface area contributed by atoms with E-state index in [1.807, 2.05) is 43.0 Å². The summed E-state index contributed by atoms with van der Waals surface area (Å²) in [4.78, 5) is 42.2. The van der Waals surface area contributed by atoms with Crippen molar-refractivity contribution >= 4 is 23.1 Å². The summed E-state index contributed by atoms with van der Waals surface area (Å²) in [5, 5.41) is 0. The Labute approximate surface area is 173 Å². The number of hydrogen-bond acceptors (Lipinski definition) is 6. The Morgan fingerprint density at radius 3 is 2.59 bits per heavy atom. The van der Waals surface area contributed by atoms with Crippen LogP contribution < -0.4 is 10.5 Å². The van der Waals surface area contributed by atoms with Gasteiger partial charge in [-0.3, -0.25) is 9.59 Å². The maximum absolute atomic E-state index is 12.6. The van der Waals surface area contributed by atoms with Crippen molar-refractivity contribution in [2.24, 2.45) is 0 Å². The topological polar surface area (TPSA) is 82.2 Å². The molecule has 1 saturated heterocycles. The largest absolute Gasteiger partial charge is 0.353 e. The highest BCUT2D eigenvalue weighted by Gasteiger charge is 2.23. The van der Waals surface area contributed by atoms with Gasteiger partial charge >= 0.3 is 0 Å². The zero-order chi connectivity index (χ0) is 20.4. The van der Waals surface area contributed by atoms with Crippen LogP contribution in [-0.2, 0) is 6.42 Å². The average molecular weight is 410 g/mol. The summed E-state index contributed by atoms with van der Waals surface area (Å²) in [6.45, 7) is 6.81. The molecule has 8 heteroatoms. The number of piperazine rings is 1. The third-order valence-corrected chi connectivity index (χ3v) is 6.01. The minimum Gasteiger partial charge on any atom is -0.353 e. The number of carbonyl (C=O) groups is 1. The van der Waals surface area contributed by atoms with E-state index in [0.717, 1.165) is 39.9 Å². The van der Waals surface area contributed by atoms with Gasteiger partial charge in [0.2, 0.25) is 0 Å². The molecule has 0 aliphatic carbocycles. The molecule has 4 heterocycles. The van der Waals surface area contributed by atoms with E-state index in [2.05, 4.69) is 19.9 Å². The molecule has 1 amide bonds. The lowest BCUT2D eigenvalue weighted by Crippen LogP contribution is -2.48. The molecule has 0 atom stereocenters. The van der Waals surface area contributed by atoms with Gasteiger partial charge in [-0.1, -0.05) is 6.92 Å². The second-order valence-corrected chi connectivity index (χ2v) is 8.32. The number of aromatic amines is 1. The van der Waals surface area contributed by atoms with Gasteiger partial charge in [0.05, 0.1) is 4.88 Å². The second-order valence-electron chi connectivity index (χ2n) is 7.03. The number of nitrogens with zero attached hydrogens (tertiary/aromatic N) is 4. The predicted molar refractivity (Wildman–Crippen MR) is 115 cm³/mol. The van der Waals surface area contributed by atoms with E-state index >= 15 is 0 Å². The fourth-order valence-electron chi connectivity index (χ4n) is 3.38. The Bertz CT molecular complexity index is 1070. The molecule has 1 fully saturated rings. The van der Waals surface area contributed by atoms with Gasteiger partial charge in [0.25, 0.3) is 11.5 Å². The van der Waals surface area contributed by atoms with Crippen molar-refractivity contribution in [1.82, 2.24) is 19.9 Å². The summed E-state index contributed by atoms with van der Waals surface area (Å²) in [5.41, 5.74) is 1.38. The Kier molecular flexibility index (Phi) is 5.44. The molecule has 150 valence electrons. The molecule has 0 unspecified atom stereocenters. The van der Waals surface area contributed by atoms with Gasteiger partial charge in [-0.25, -0.2) is 9.97 Å². The van der Waals surface area contributed by atoms with Crippen LogP contribution in [0.1, 0.15) is 27.2 Å². The first-order valence-electron chi connectivity index (χ1n) is 9.71. The standard InChI is InChI=1S/C21H23N5O2S/c1-3-16-12-19(27)24-20(23-16)15-5-7-18(22-13-15)25-8-10-26(11-9-25)21(28)17-6-4-14(2)29-17/h4-7,12-13H,3,8-11H2,1-2H3,(H,23,24,27). The van der Waals surface area contributed by atoms with E-state index < -0.39 is 0 Å². The second kappa shape index (κ2) is 8.16. The van der Waals surface area contributed by atoms with E-state index in [1.165, 1.54) is 6.07 Å². The fraction of sp³-hybridized carbons (Fsp3) is 0.333. The number of carbonyl (C=O) groups excluding carboxylic acids is 1. The lowest BCUT2D eigenvalue weighted by Gasteiger charge is -2.35. The monoisotopic (exact) mass is 409 g/mol. The molecule has 0 aromatic carbocycles. The quantitative estimate of drug-likeness (QED) is 0.717. The molecule has 3 aromatic rings. The summed E-state index contributed by atoms with van der Waals surface area (Å²) in [7, 11) is 0. The van der Waals surface area contributed by atoms with Crippen LogP contribution in [-0.4, -0.2) is 51.9 Å². The minimum absolute atomic E-state index is 0.108. The van der Waals surface area contributed by atoms with Gasteiger partial charge in [0.15, 0.2) is 0 Å². The highest BCUT2D eigenvalue weighted by molar-refractivity contribution is 7.13. The number of hydrogen-bond donors (Lipinski definition) is 1. The zero-order valence-corrected chi connectivity index (χ0v) is 17.3. The van der Waals surface area contributed by atoms with Crippen molar-refractivity contribution in [1.29, 1.82) is 0 Å². The van der Waals surface area contributed by atoms with Crippen LogP contribution in [0.15, 0.2) is 41.3 Å². The van der Waals surface area contributed by atoms with E-state index in [1.54, 1.807) is 17.5 Å². The Balaban J connectivity index is 1.42. The van der Waals surface area contributed by atoms with Crippen molar-refractivity contribution < 1.29 is 4.79 Å². The Morgan fingerprint density at radius 1 is 1.17 bits per heavy atom. The number of aryl methyl sites for hydroxylation is 2. The first-order valence-corrected chi connectivity index (χ1v) is 10.5. The molecule has 1 N–H and O–H groups in total. The summed E-state index contributed by atoms with van der Waals surface area (Å²) in [6, 6.07) is 9.27. The molecule has 4 rings (SSSR count). The molecule has 0 bridgehead atoms. The lowest BCUT2D eigenvalue weighted by molar-refractivity contribution is 0.0751. The fourth-order valence-corrected chi connectivity index (χ4v) is 4.22. The molecule has 0 saturated carbocycles. The van der Waals surface area contributed by atoms with Gasteiger partial charge in [0, 0.05) is 54.6 Å². The van der Waals surface area contributed by atoms with E-state index in [-0.39, 0.29) is 11.5 Å². The summed E-state index contributed by atoms with van der Waals surface area (Å²) in [5.74, 6) is 1.51. The van der Waals surface area contributed by atoms with Crippen molar-refractivity contribution in [2.75, 3.05) is 31.1 Å². The number of pyridine rings is 1. The maximum Gasteiger partial charge on any atom is 0.264 e. The zero-order valence-electron chi connectivity index (χ0n) is 16.5. The molecule has 3 aromatic heterocycles. The number of thiophene rings is 1. The highest BCUT2D eigenvalue weighted by atomic mass is 32.1. The van der Waals surface area contributed by atoms with Crippen LogP contribution in [0.3, 0.4) is 0 Å². The first-order chi connectivity index (χ1) is 14.0. The van der Waals surface area contributed by atoms with Crippen LogP contribution in [0.2, 0.25) is 0 Å². The molecule has 1 aliphatic heterocycles. The lowest BCUT2D eigenvalue weighted by atomic mass is 10.2. The number of aromatic nitrogens is 3. The van der Waals surface area contributed by atoms with Crippen molar-refractivity contribution in [2.45, 2.75) is 20.3 Å². The van der Waals surface area contributed by atoms with Gasteiger partial charge in [0.1, 0.15) is 11.6 Å². The van der Waals surface area contributed by atoms with Crippen molar-refractivity contribution in [3.63, 3.8) is 0 Å². The number of H-pyrrole nitrogens is 1. The van der Waals surface area contributed by atoms with Gasteiger partial charge in [-0.05, 0) is 37.6 Å². The normalized spacial score (nSPS) is 14.3. The van der Waals surface area contributed by atoms with Crippen LogP contribution in [0.5, 0.6) is 0 Å². The Morgan fingerprint density at radius 2 is 1.97 bits per heavy atom. The number of amides is 1. The van der Waals surface area contributed by atoms with Gasteiger partial charge in [-0.15, -0.1) is 11.3 Å². The molecule has 1 aliphatic rings. The third-order valence-electron chi connectivity index (χ3n) is 5.02. The highest BCUT2D eigenvalue weighted by Crippen LogP contribution is 2.21. The predicted octanol–water partition coefficient (Wildman–Crippen LogP) is 2.73. The summed E-state index contributed by atoms with van der Waals surface area (Å²) in [6.07, 6.45) is 2.44. The maximum atomic E-state index is 12.6. The van der Waals surface area contributed by atoms with E-state index in [4.69, 9.17) is 0 Å². The summed E-state index contributed by atoms with van der Waals surface area (Å²) < 4.78 is 0. The number of rotatable bonds is 4. The Hall–Kier alpha value is -3.00. The van der Waals surface area contributed by atoms with Crippen molar-refractivity contribution in [3.8, 4) is 11.4 Å².